The normalized spacial score (nSPS) is 23.5. The predicted octanol–water partition coefficient (Wildman–Crippen LogP) is 3.39. The molecule has 0 bridgehead atoms. The number of piperazine rings is 1. The summed E-state index contributed by atoms with van der Waals surface area (Å²) in [6.07, 6.45) is 4.74. The van der Waals surface area contributed by atoms with E-state index in [1.165, 1.54) is 10.7 Å². The van der Waals surface area contributed by atoms with Crippen LogP contribution < -0.4 is 20.3 Å². The number of aromatic nitrogens is 4. The molecule has 1 amide bonds. The quantitative estimate of drug-likeness (QED) is 0.358. The van der Waals surface area contributed by atoms with Crippen LogP contribution in [0.25, 0.3) is 21.8 Å². The number of carbonyl (C=O) groups is 1. The molecule has 11 heteroatoms. The van der Waals surface area contributed by atoms with Crippen LogP contribution in [-0.4, -0.2) is 68.1 Å². The average Bonchev–Trinajstić information content (AvgIpc) is 3.47. The van der Waals surface area contributed by atoms with Crippen LogP contribution >= 0.6 is 0 Å². The van der Waals surface area contributed by atoms with Gasteiger partial charge in [0.25, 0.3) is 5.91 Å². The van der Waals surface area contributed by atoms with Crippen LogP contribution in [0.15, 0.2) is 36.7 Å². The van der Waals surface area contributed by atoms with Crippen molar-refractivity contribution < 1.29 is 19.0 Å². The molecule has 10 nitrogen and oxygen atoms in total. The lowest BCUT2D eigenvalue weighted by Gasteiger charge is -2.38. The van der Waals surface area contributed by atoms with Crippen molar-refractivity contribution in [3.8, 4) is 6.01 Å². The number of hydrogen-bond acceptors (Lipinski definition) is 8. The van der Waals surface area contributed by atoms with Gasteiger partial charge in [-0.25, -0.2) is 9.37 Å². The van der Waals surface area contributed by atoms with Crippen LogP contribution in [0.3, 0.4) is 0 Å². The molecule has 3 N–H and O–H groups in total. The number of hydrogen-bond donors (Lipinski definition) is 3. The number of aliphatic hydroxyl groups is 1. The largest absolute Gasteiger partial charge is 0.460 e. The van der Waals surface area contributed by atoms with E-state index in [2.05, 4.69) is 44.4 Å². The molecule has 1 saturated carbocycles. The number of rotatable bonds is 5. The highest BCUT2D eigenvalue weighted by Crippen LogP contribution is 2.32. The van der Waals surface area contributed by atoms with E-state index in [1.54, 1.807) is 31.6 Å². The topological polar surface area (TPSA) is 117 Å². The van der Waals surface area contributed by atoms with Gasteiger partial charge in [-0.2, -0.15) is 10.1 Å². The number of aryl methyl sites for hydroxylation is 1. The number of fused-ring (bicyclic) bond motifs is 2. The molecule has 6 rings (SSSR count). The number of aliphatic hydroxyl groups excluding tert-OH is 1. The molecule has 4 atom stereocenters. The molecule has 1 saturated heterocycles. The van der Waals surface area contributed by atoms with Gasteiger partial charge in [0.1, 0.15) is 11.6 Å². The van der Waals surface area contributed by atoms with Crippen LogP contribution in [0, 0.1) is 5.82 Å². The molecule has 2 aromatic carbocycles. The number of nitrogens with one attached hydrogen (secondary N) is 2. The van der Waals surface area contributed by atoms with Crippen molar-refractivity contribution in [1.82, 2.24) is 25.1 Å². The molecule has 0 radical (unpaired) electrons. The number of anilines is 2. The maximum atomic E-state index is 14.7. The van der Waals surface area contributed by atoms with E-state index in [4.69, 9.17) is 4.74 Å². The maximum absolute atomic E-state index is 14.7. The van der Waals surface area contributed by atoms with Crippen molar-refractivity contribution in [3.63, 3.8) is 0 Å². The summed E-state index contributed by atoms with van der Waals surface area (Å²) in [7, 11) is 1.72. The standard InChI is InChI=1S/C28H32FN7O3/c1-15-12-36(13-16(2)31-15)24-7-6-21(26-22(24)11-30-28(33-26)39-20-5-4-19(37)10-20)27(38)32-18-8-17-14-35(3)34-25(17)23(29)9-18/h6-9,11,14-16,19-20,31,37H,4-5,10,12-13H2,1-3H3,(H,32,38)/t15-,16+,19-,20-/m1/s1. The van der Waals surface area contributed by atoms with E-state index >= 15 is 0 Å². The Hall–Kier alpha value is -3.83. The molecule has 0 spiro atoms. The van der Waals surface area contributed by atoms with Crippen molar-refractivity contribution in [2.75, 3.05) is 23.3 Å². The zero-order valence-electron chi connectivity index (χ0n) is 22.2. The van der Waals surface area contributed by atoms with Crippen molar-refractivity contribution in [1.29, 1.82) is 0 Å². The summed E-state index contributed by atoms with van der Waals surface area (Å²) in [6, 6.07) is 7.38. The second-order valence-corrected chi connectivity index (χ2v) is 10.8. The van der Waals surface area contributed by atoms with Gasteiger partial charge in [-0.3, -0.25) is 9.48 Å². The maximum Gasteiger partial charge on any atom is 0.317 e. The highest BCUT2D eigenvalue weighted by molar-refractivity contribution is 6.14. The van der Waals surface area contributed by atoms with E-state index < -0.39 is 17.8 Å². The van der Waals surface area contributed by atoms with Crippen LogP contribution in [0.5, 0.6) is 6.01 Å². The summed E-state index contributed by atoms with van der Waals surface area (Å²) >= 11 is 0. The SMILES string of the molecule is C[C@@H]1CN(c2ccc(C(=O)Nc3cc(F)c4nn(C)cc4c3)c3nc(O[C@@H]4CC[C@@H](O)C4)ncc23)C[C@H](C)N1. The fourth-order valence-electron chi connectivity index (χ4n) is 5.78. The highest BCUT2D eigenvalue weighted by Gasteiger charge is 2.27. The van der Waals surface area contributed by atoms with Gasteiger partial charge in [-0.05, 0) is 51.0 Å². The predicted molar refractivity (Wildman–Crippen MR) is 147 cm³/mol. The fourth-order valence-corrected chi connectivity index (χ4v) is 5.78. The molecular weight excluding hydrogens is 501 g/mol. The first-order chi connectivity index (χ1) is 18.7. The average molecular weight is 534 g/mol. The lowest BCUT2D eigenvalue weighted by atomic mass is 10.0. The summed E-state index contributed by atoms with van der Waals surface area (Å²) in [4.78, 5) is 25.0. The molecule has 204 valence electrons. The van der Waals surface area contributed by atoms with Gasteiger partial charge < -0.3 is 25.4 Å². The highest BCUT2D eigenvalue weighted by atomic mass is 19.1. The molecular formula is C28H32FN7O3. The zero-order chi connectivity index (χ0) is 27.3. The lowest BCUT2D eigenvalue weighted by Crippen LogP contribution is -2.54. The number of carbonyl (C=O) groups excluding carboxylic acids is 1. The summed E-state index contributed by atoms with van der Waals surface area (Å²) in [5.41, 5.74) is 2.29. The minimum Gasteiger partial charge on any atom is -0.460 e. The summed E-state index contributed by atoms with van der Waals surface area (Å²) in [6.45, 7) is 5.88. The van der Waals surface area contributed by atoms with E-state index in [0.717, 1.165) is 30.6 Å². The molecule has 2 fully saturated rings. The third kappa shape index (κ3) is 5.11. The fraction of sp³-hybridized carbons (Fsp3) is 0.429. The first-order valence-electron chi connectivity index (χ1n) is 13.3. The van der Waals surface area contributed by atoms with Crippen molar-refractivity contribution >= 4 is 39.1 Å². The van der Waals surface area contributed by atoms with E-state index in [-0.39, 0.29) is 17.6 Å². The first kappa shape index (κ1) is 25.4. The number of ether oxygens (including phenoxy) is 1. The third-order valence-electron chi connectivity index (χ3n) is 7.41. The zero-order valence-corrected chi connectivity index (χ0v) is 22.2. The monoisotopic (exact) mass is 533 g/mol. The number of nitrogens with zero attached hydrogens (tertiary/aromatic N) is 5. The Morgan fingerprint density at radius 3 is 2.72 bits per heavy atom. The van der Waals surface area contributed by atoms with Crippen LogP contribution in [0.1, 0.15) is 43.5 Å². The van der Waals surface area contributed by atoms with Crippen LogP contribution in [0.2, 0.25) is 0 Å². The number of halogens is 1. The van der Waals surface area contributed by atoms with Crippen LogP contribution in [0.4, 0.5) is 15.8 Å². The van der Waals surface area contributed by atoms with Gasteiger partial charge in [-0.1, -0.05) is 0 Å². The summed E-state index contributed by atoms with van der Waals surface area (Å²) < 4.78 is 22.2. The number of benzene rings is 2. The number of amides is 1. The second-order valence-electron chi connectivity index (χ2n) is 10.8. The molecule has 3 heterocycles. The van der Waals surface area contributed by atoms with Gasteiger partial charge in [0.15, 0.2) is 5.82 Å². The molecule has 39 heavy (non-hydrogen) atoms. The molecule has 2 aromatic heterocycles. The van der Waals surface area contributed by atoms with Gasteiger partial charge in [-0.15, -0.1) is 0 Å². The van der Waals surface area contributed by atoms with Gasteiger partial charge in [0.05, 0.1) is 17.2 Å². The summed E-state index contributed by atoms with van der Waals surface area (Å²) in [5.74, 6) is -0.931. The van der Waals surface area contributed by atoms with E-state index in [0.29, 0.717) is 47.1 Å². The van der Waals surface area contributed by atoms with Gasteiger partial charge in [0.2, 0.25) is 0 Å². The Labute approximate surface area is 225 Å². The Morgan fingerprint density at radius 1 is 1.18 bits per heavy atom. The van der Waals surface area contributed by atoms with E-state index in [9.17, 15) is 14.3 Å². The summed E-state index contributed by atoms with van der Waals surface area (Å²) in [5, 5.41) is 21.7. The Kier molecular flexibility index (Phi) is 6.56. The Morgan fingerprint density at radius 2 is 1.97 bits per heavy atom. The Bertz CT molecular complexity index is 1550. The second kappa shape index (κ2) is 10.0. The third-order valence-corrected chi connectivity index (χ3v) is 7.41. The van der Waals surface area contributed by atoms with E-state index in [1.807, 2.05) is 6.07 Å². The van der Waals surface area contributed by atoms with Crippen molar-refractivity contribution in [2.45, 2.75) is 57.4 Å². The first-order valence-corrected chi connectivity index (χ1v) is 13.3. The molecule has 1 aliphatic heterocycles. The van der Waals surface area contributed by atoms with Gasteiger partial charge >= 0.3 is 6.01 Å². The molecule has 4 aromatic rings. The smallest absolute Gasteiger partial charge is 0.317 e. The molecule has 2 aliphatic rings. The molecule has 1 aliphatic carbocycles. The van der Waals surface area contributed by atoms with Crippen molar-refractivity contribution in [3.05, 3.63) is 48.0 Å². The minimum absolute atomic E-state index is 0.165. The lowest BCUT2D eigenvalue weighted by molar-refractivity contribution is 0.102. The molecule has 0 unspecified atom stereocenters. The Balaban J connectivity index is 1.38. The minimum atomic E-state index is -0.512. The van der Waals surface area contributed by atoms with Crippen molar-refractivity contribution in [2.24, 2.45) is 7.05 Å². The van der Waals surface area contributed by atoms with Crippen LogP contribution in [-0.2, 0) is 7.05 Å². The van der Waals surface area contributed by atoms with Gasteiger partial charge in [0, 0.05) is 73.2 Å².